The van der Waals surface area contributed by atoms with E-state index in [1.807, 2.05) is 78.4 Å². The third-order valence-electron chi connectivity index (χ3n) is 16.0. The molecule has 2 saturated heterocycles. The van der Waals surface area contributed by atoms with Crippen molar-refractivity contribution in [3.05, 3.63) is 114 Å². The Morgan fingerprint density at radius 2 is 0.976 bits per heavy atom. The normalized spacial score (nSPS) is 21.1. The van der Waals surface area contributed by atoms with Gasteiger partial charge in [-0.2, -0.15) is 0 Å². The third-order valence-corrected chi connectivity index (χ3v) is 18.8. The molecule has 20 nitrogen and oxygen atoms in total. The quantitative estimate of drug-likeness (QED) is 0.0304. The molecular formula is C58H78Cl4N10O10S2-2. The number of hydrogen-bond acceptors (Lipinski definition) is 14. The maximum absolute atomic E-state index is 12.7. The highest BCUT2D eigenvalue weighted by Crippen LogP contribution is 2.45. The van der Waals surface area contributed by atoms with E-state index < -0.39 is 22.5 Å². The van der Waals surface area contributed by atoms with E-state index in [4.69, 9.17) is 65.4 Å². The Bertz CT molecular complexity index is 2760. The van der Waals surface area contributed by atoms with Crippen LogP contribution in [0, 0.1) is 13.8 Å². The number of aryl methyl sites for hydroxylation is 2. The van der Waals surface area contributed by atoms with Crippen LogP contribution in [0.3, 0.4) is 0 Å². The molecule has 26 heteroatoms. The zero-order valence-corrected chi connectivity index (χ0v) is 53.1. The van der Waals surface area contributed by atoms with Crippen LogP contribution < -0.4 is 39.4 Å². The Labute approximate surface area is 519 Å². The monoisotopic (exact) mass is 1280 g/mol. The topological polar surface area (TPSA) is 219 Å². The lowest BCUT2D eigenvalue weighted by atomic mass is 10.1. The van der Waals surface area contributed by atoms with Gasteiger partial charge in [0, 0.05) is 131 Å². The minimum atomic E-state index is -2.50. The molecule has 2 aliphatic carbocycles. The number of halogens is 4. The molecule has 4 aromatic carbocycles. The van der Waals surface area contributed by atoms with Crippen molar-refractivity contribution in [2.45, 2.75) is 88.7 Å². The number of benzene rings is 4. The van der Waals surface area contributed by atoms with E-state index >= 15 is 0 Å². The number of rotatable bonds is 29. The summed E-state index contributed by atoms with van der Waals surface area (Å²) >= 11 is 20.9. The van der Waals surface area contributed by atoms with Crippen molar-refractivity contribution >= 4 is 92.4 Å². The van der Waals surface area contributed by atoms with Gasteiger partial charge < -0.3 is 59.1 Å². The van der Waals surface area contributed by atoms with Gasteiger partial charge in [-0.15, -0.1) is 0 Å². The number of nitrogens with zero attached hydrogens (tertiary/aromatic N) is 6. The van der Waals surface area contributed by atoms with Crippen molar-refractivity contribution in [2.24, 2.45) is 0 Å². The van der Waals surface area contributed by atoms with Gasteiger partial charge in [0.05, 0.1) is 50.6 Å². The first kappa shape index (κ1) is 65.7. The number of fused-ring (bicyclic) bond motifs is 2. The molecule has 2 unspecified atom stereocenters. The summed E-state index contributed by atoms with van der Waals surface area (Å²) in [6.07, 6.45) is 3.50. The fourth-order valence-corrected chi connectivity index (χ4v) is 14.2. The van der Waals surface area contributed by atoms with Gasteiger partial charge in [-0.25, -0.2) is 9.59 Å². The summed E-state index contributed by atoms with van der Waals surface area (Å²) in [6.45, 7) is 10.6. The summed E-state index contributed by atoms with van der Waals surface area (Å²) in [5.74, 6) is 1.31. The fraction of sp³-hybridized carbons (Fsp3) is 0.552. The smallest absolute Gasteiger partial charge is 0.314 e. The summed E-state index contributed by atoms with van der Waals surface area (Å²) in [5.41, 5.74) is 6.71. The molecule has 4 amide bonds. The molecular weight excluding hydrogens is 1200 g/mol. The summed E-state index contributed by atoms with van der Waals surface area (Å²) in [7, 11) is 8.03. The lowest BCUT2D eigenvalue weighted by Crippen LogP contribution is -2.40. The van der Waals surface area contributed by atoms with Crippen LogP contribution >= 0.6 is 46.4 Å². The molecule has 2 heterocycles. The van der Waals surface area contributed by atoms with Crippen LogP contribution in [0.4, 0.5) is 21.0 Å². The Kier molecular flexibility index (Phi) is 24.3. The Hall–Kier alpha value is -4.24. The van der Waals surface area contributed by atoms with Crippen LogP contribution in [0.5, 0.6) is 11.5 Å². The number of likely N-dealkylation sites (tertiary alicyclic amines) is 2. The number of anilines is 2. The van der Waals surface area contributed by atoms with Gasteiger partial charge in [-0.1, -0.05) is 46.4 Å². The van der Waals surface area contributed by atoms with Gasteiger partial charge in [0.25, 0.3) is 0 Å². The van der Waals surface area contributed by atoms with Crippen molar-refractivity contribution in [3.63, 3.8) is 0 Å². The second kappa shape index (κ2) is 31.1. The first-order valence-corrected chi connectivity index (χ1v) is 32.1. The van der Waals surface area contributed by atoms with Crippen LogP contribution in [0.2, 0.25) is 20.1 Å². The molecule has 84 heavy (non-hydrogen) atoms. The van der Waals surface area contributed by atoms with Crippen LogP contribution in [0.25, 0.3) is 0 Å². The number of amides is 4. The number of likely N-dealkylation sites (N-methyl/N-ethyl adjacent to an activating group) is 2. The van der Waals surface area contributed by atoms with Gasteiger partial charge in [0.2, 0.25) is 0 Å². The second-order valence-corrected chi connectivity index (χ2v) is 25.6. The first-order valence-electron chi connectivity index (χ1n) is 28.5. The summed E-state index contributed by atoms with van der Waals surface area (Å²) in [6, 6.07) is 17.3. The number of urea groups is 2. The first-order chi connectivity index (χ1) is 40.3. The number of ether oxygens (including phenoxy) is 4. The van der Waals surface area contributed by atoms with Crippen LogP contribution in [-0.4, -0.2) is 193 Å². The highest BCUT2D eigenvalue weighted by Gasteiger charge is 2.40. The van der Waals surface area contributed by atoms with Gasteiger partial charge >= 0.3 is 12.1 Å². The van der Waals surface area contributed by atoms with E-state index in [-0.39, 0.29) is 48.4 Å². The summed E-state index contributed by atoms with van der Waals surface area (Å²) in [5, 5.41) is 13.6. The van der Waals surface area contributed by atoms with Gasteiger partial charge in [-0.05, 0) is 163 Å². The van der Waals surface area contributed by atoms with Crippen molar-refractivity contribution in [2.75, 3.05) is 129 Å². The molecule has 4 aliphatic rings. The number of unbranched alkanes of at least 4 members (excludes halogenated alkanes) is 1. The maximum Gasteiger partial charge on any atom is 0.314 e. The predicted molar refractivity (Wildman–Crippen MR) is 331 cm³/mol. The molecule has 0 aromatic heterocycles. The fourth-order valence-electron chi connectivity index (χ4n) is 11.6. The van der Waals surface area contributed by atoms with E-state index in [9.17, 15) is 27.1 Å². The zero-order chi connectivity index (χ0) is 60.2. The van der Waals surface area contributed by atoms with E-state index in [1.165, 1.54) is 8.61 Å². The predicted octanol–water partition coefficient (Wildman–Crippen LogP) is 7.59. The van der Waals surface area contributed by atoms with E-state index in [1.54, 1.807) is 24.3 Å². The lowest BCUT2D eigenvalue weighted by molar-refractivity contribution is 0.110. The molecule has 8 rings (SSSR count). The average molecular weight is 1280 g/mol. The van der Waals surface area contributed by atoms with E-state index in [0.29, 0.717) is 147 Å². The van der Waals surface area contributed by atoms with Crippen molar-refractivity contribution < 1.29 is 46.1 Å². The Morgan fingerprint density at radius 3 is 1.35 bits per heavy atom. The number of nitrogens with one attached hydrogen (secondary N) is 4. The molecule has 2 fully saturated rings. The van der Waals surface area contributed by atoms with E-state index in [0.717, 1.165) is 59.3 Å². The van der Waals surface area contributed by atoms with Crippen molar-refractivity contribution in [1.29, 1.82) is 0 Å². The SMILES string of the molecule is Cc1cc(N([C@H]2CCN(CCOCCNC(=O)NCCCCNC(=O)NCCOCCN3CC[C@H](N(c4ccc(O[C@H]5c6cc(Cl)cc(Cl)c6C[C@@H]5N(C)C)c(C)c4)S(=O)[O-])C3)C2)S(=O)[O-])ccc1O[C@H]1c2cc(Cl)cc(Cl)c2C[C@@H]1N(C)C. The van der Waals surface area contributed by atoms with Crippen LogP contribution in [0.1, 0.15) is 71.3 Å². The Balaban J connectivity index is 0.631. The maximum atomic E-state index is 12.7. The minimum absolute atomic E-state index is 0.0403. The van der Waals surface area contributed by atoms with Crippen molar-refractivity contribution in [1.82, 2.24) is 40.9 Å². The summed E-state index contributed by atoms with van der Waals surface area (Å²) < 4.78 is 78.3. The standard InChI is InChI=1S/C58H80Cl4N10O10S2/c1-37-27-41(9-11-53(37)81-55-47-29-39(59)31-49(61)45(47)33-51(55)67(3)4)71(83(75)76)43-13-19-69(35-43)21-25-79-23-17-65-57(73)63-15-7-8-16-64-58(74)66-18-24-80-26-22-70-20-14-44(36-70)72(84(77)78)42-10-12-54(38(2)28-42)82-56-48-30-40(60)32-50(62)46(48)34-52(56)68(5)6/h9-12,27-32,43-44,51-52,55-56H,7-8,13-26,33-36H2,1-6H3,(H,75,76)(H,77,78)(H2,63,65,73)(H2,64,66,74)/p-2/t43-,44-,51-,52-,55-,56-/m0/s1. The van der Waals surface area contributed by atoms with Crippen LogP contribution in [-0.2, 0) is 44.8 Å². The van der Waals surface area contributed by atoms with Crippen LogP contribution in [0.15, 0.2) is 60.7 Å². The molecule has 2 aliphatic heterocycles. The largest absolute Gasteiger partial charge is 0.755 e. The van der Waals surface area contributed by atoms with Gasteiger partial charge in [0.1, 0.15) is 23.7 Å². The highest BCUT2D eigenvalue weighted by molar-refractivity contribution is 7.81. The number of carbonyl (C=O) groups is 2. The molecule has 8 atom stereocenters. The summed E-state index contributed by atoms with van der Waals surface area (Å²) in [4.78, 5) is 33.3. The molecule has 0 spiro atoms. The Morgan fingerprint density at radius 1 is 0.583 bits per heavy atom. The third kappa shape index (κ3) is 17.3. The number of carbonyl (C=O) groups excluding carboxylic acids is 2. The lowest BCUT2D eigenvalue weighted by Gasteiger charge is -2.33. The van der Waals surface area contributed by atoms with E-state index in [2.05, 4.69) is 40.9 Å². The van der Waals surface area contributed by atoms with Gasteiger partial charge in [0.15, 0.2) is 0 Å². The minimum Gasteiger partial charge on any atom is -0.755 e. The molecule has 462 valence electrons. The molecule has 0 saturated carbocycles. The second-order valence-electron chi connectivity index (χ2n) is 22.2. The molecule has 0 radical (unpaired) electrons. The highest BCUT2D eigenvalue weighted by atomic mass is 35.5. The number of hydrogen-bond donors (Lipinski definition) is 4. The zero-order valence-electron chi connectivity index (χ0n) is 48.5. The molecule has 0 bridgehead atoms. The average Bonchev–Trinajstić information content (AvgIpc) is 3.25. The van der Waals surface area contributed by atoms with Crippen molar-refractivity contribution in [3.8, 4) is 11.5 Å². The van der Waals surface area contributed by atoms with Gasteiger partial charge in [-0.3, -0.25) is 26.8 Å². The molecule has 4 N–H and O–H groups in total. The molecule has 4 aromatic rings.